The van der Waals surface area contributed by atoms with Gasteiger partial charge in [0.1, 0.15) is 10.5 Å². The molecule has 0 N–H and O–H groups in total. The Hall–Kier alpha value is -5.13. The van der Waals surface area contributed by atoms with E-state index in [0.29, 0.717) is 5.82 Å². The van der Waals surface area contributed by atoms with Crippen molar-refractivity contribution < 1.29 is 0 Å². The molecule has 0 amide bonds. The largest absolute Gasteiger partial charge is 0.306 e. The third kappa shape index (κ3) is 3.71. The smallest absolute Gasteiger partial charge is 0.160 e. The molecule has 3 heterocycles. The molecule has 0 aliphatic rings. The van der Waals surface area contributed by atoms with Crippen LogP contribution in [0.3, 0.4) is 0 Å². The van der Waals surface area contributed by atoms with E-state index in [2.05, 4.69) is 120 Å². The highest BCUT2D eigenvalue weighted by atomic mass is 32.1. The lowest BCUT2D eigenvalue weighted by Gasteiger charge is -2.12. The van der Waals surface area contributed by atoms with E-state index in [1.165, 1.54) is 4.70 Å². The summed E-state index contributed by atoms with van der Waals surface area (Å²) in [5.41, 5.74) is 9.15. The number of nitrogens with zero attached hydrogens (tertiary/aromatic N) is 4. The van der Waals surface area contributed by atoms with Gasteiger partial charge in [0.15, 0.2) is 5.82 Å². The van der Waals surface area contributed by atoms with Gasteiger partial charge in [0.05, 0.1) is 26.9 Å². The van der Waals surface area contributed by atoms with Crippen LogP contribution in [0.5, 0.6) is 0 Å². The van der Waals surface area contributed by atoms with Crippen LogP contribution in [0.25, 0.3) is 71.1 Å². The molecule has 0 unspecified atom stereocenters. The van der Waals surface area contributed by atoms with Crippen LogP contribution in [0.15, 0.2) is 133 Å². The molecule has 40 heavy (non-hydrogen) atoms. The summed E-state index contributed by atoms with van der Waals surface area (Å²) in [6.45, 7) is 0. The van der Waals surface area contributed by atoms with Gasteiger partial charge in [-0.2, -0.15) is 0 Å². The number of thiazole rings is 1. The first kappa shape index (κ1) is 22.8. The monoisotopic (exact) mass is 530 g/mol. The highest BCUT2D eigenvalue weighted by Crippen LogP contribution is 2.38. The van der Waals surface area contributed by atoms with E-state index in [0.717, 1.165) is 60.5 Å². The molecule has 188 valence electrons. The molecule has 0 spiro atoms. The van der Waals surface area contributed by atoms with Crippen LogP contribution in [-0.4, -0.2) is 19.5 Å². The molecule has 0 aliphatic heterocycles. The zero-order chi connectivity index (χ0) is 26.5. The van der Waals surface area contributed by atoms with Crippen molar-refractivity contribution in [2.75, 3.05) is 0 Å². The van der Waals surface area contributed by atoms with Gasteiger partial charge in [0.25, 0.3) is 0 Å². The van der Waals surface area contributed by atoms with Crippen LogP contribution in [0.4, 0.5) is 0 Å². The summed E-state index contributed by atoms with van der Waals surface area (Å²) >= 11 is 1.70. The molecule has 4 nitrogen and oxygen atoms in total. The van der Waals surface area contributed by atoms with E-state index in [-0.39, 0.29) is 0 Å². The lowest BCUT2D eigenvalue weighted by atomic mass is 10.1. The van der Waals surface area contributed by atoms with E-state index in [1.807, 2.05) is 18.2 Å². The van der Waals surface area contributed by atoms with Crippen molar-refractivity contribution in [2.45, 2.75) is 0 Å². The zero-order valence-corrected chi connectivity index (χ0v) is 22.2. The summed E-state index contributed by atoms with van der Waals surface area (Å²) in [4.78, 5) is 15.4. The summed E-state index contributed by atoms with van der Waals surface area (Å²) in [5, 5.41) is 2.10. The number of para-hydroxylation sites is 3. The Morgan fingerprint density at radius 3 is 2.10 bits per heavy atom. The SMILES string of the molecule is c1ccc(-c2nc(-c3cccc(-c4nc5ccccc5s4)c3)nc3c4ccccc4n(-c4ccccc4)c23)cc1. The highest BCUT2D eigenvalue weighted by Gasteiger charge is 2.21. The average Bonchev–Trinajstić information content (AvgIpc) is 3.61. The molecule has 0 atom stereocenters. The second-order valence-corrected chi connectivity index (χ2v) is 10.7. The molecule has 5 heteroatoms. The maximum absolute atomic E-state index is 5.25. The summed E-state index contributed by atoms with van der Waals surface area (Å²) < 4.78 is 3.47. The van der Waals surface area contributed by atoms with Crippen LogP contribution in [0.1, 0.15) is 0 Å². The van der Waals surface area contributed by atoms with Crippen molar-refractivity contribution in [1.29, 1.82) is 0 Å². The standard InChI is InChI=1S/C35H22N4S/c1-3-12-23(13-4-1)31-33-32(27-18-7-9-20-29(27)39(33)26-16-5-2-6-17-26)38-34(37-31)24-14-11-15-25(22-24)35-36-28-19-8-10-21-30(28)40-35/h1-22H. The molecule has 0 saturated heterocycles. The molecule has 8 aromatic rings. The second kappa shape index (κ2) is 9.26. The first-order chi connectivity index (χ1) is 19.8. The average molecular weight is 531 g/mol. The van der Waals surface area contributed by atoms with E-state index in [1.54, 1.807) is 11.3 Å². The second-order valence-electron chi connectivity index (χ2n) is 9.71. The van der Waals surface area contributed by atoms with Gasteiger partial charge >= 0.3 is 0 Å². The Balaban J connectivity index is 1.41. The van der Waals surface area contributed by atoms with E-state index >= 15 is 0 Å². The fourth-order valence-corrected chi connectivity index (χ4v) is 6.36. The number of fused-ring (bicyclic) bond motifs is 4. The number of aromatic nitrogens is 4. The Kier molecular flexibility index (Phi) is 5.28. The number of hydrogen-bond donors (Lipinski definition) is 0. The third-order valence-corrected chi connectivity index (χ3v) is 8.32. The summed E-state index contributed by atoms with van der Waals surface area (Å²) in [6.07, 6.45) is 0. The molecule has 0 radical (unpaired) electrons. The molecule has 5 aromatic carbocycles. The fraction of sp³-hybridized carbons (Fsp3) is 0. The van der Waals surface area contributed by atoms with E-state index in [9.17, 15) is 0 Å². The molecule has 0 aliphatic carbocycles. The van der Waals surface area contributed by atoms with Gasteiger partial charge in [-0.1, -0.05) is 97.1 Å². The highest BCUT2D eigenvalue weighted by molar-refractivity contribution is 7.21. The van der Waals surface area contributed by atoms with Crippen LogP contribution >= 0.6 is 11.3 Å². The molecule has 0 bridgehead atoms. The van der Waals surface area contributed by atoms with Crippen molar-refractivity contribution in [3.8, 4) is 38.9 Å². The van der Waals surface area contributed by atoms with Gasteiger partial charge in [-0.15, -0.1) is 11.3 Å². The predicted molar refractivity (Wildman–Crippen MR) is 166 cm³/mol. The summed E-state index contributed by atoms with van der Waals surface area (Å²) in [6, 6.07) is 46.0. The van der Waals surface area contributed by atoms with Gasteiger partial charge in [0, 0.05) is 27.8 Å². The van der Waals surface area contributed by atoms with Crippen LogP contribution in [-0.2, 0) is 0 Å². The van der Waals surface area contributed by atoms with Crippen LogP contribution in [0.2, 0.25) is 0 Å². The minimum atomic E-state index is 0.699. The minimum Gasteiger partial charge on any atom is -0.306 e. The first-order valence-corrected chi connectivity index (χ1v) is 14.0. The third-order valence-electron chi connectivity index (χ3n) is 7.23. The van der Waals surface area contributed by atoms with Crippen molar-refractivity contribution in [2.24, 2.45) is 0 Å². The molecular weight excluding hydrogens is 508 g/mol. The molecule has 0 fully saturated rings. The predicted octanol–water partition coefficient (Wildman–Crippen LogP) is 9.18. The molecule has 0 saturated carbocycles. The van der Waals surface area contributed by atoms with Crippen LogP contribution in [0, 0.1) is 0 Å². The van der Waals surface area contributed by atoms with Crippen LogP contribution < -0.4 is 0 Å². The quantitative estimate of drug-likeness (QED) is 0.228. The number of benzene rings is 5. The lowest BCUT2D eigenvalue weighted by molar-refractivity contribution is 1.15. The Labute approximate surface area is 234 Å². The van der Waals surface area contributed by atoms with Gasteiger partial charge in [-0.3, -0.25) is 0 Å². The zero-order valence-electron chi connectivity index (χ0n) is 21.4. The van der Waals surface area contributed by atoms with E-state index < -0.39 is 0 Å². The maximum Gasteiger partial charge on any atom is 0.160 e. The Bertz CT molecular complexity index is 2130. The fourth-order valence-electron chi connectivity index (χ4n) is 5.40. The van der Waals surface area contributed by atoms with Crippen molar-refractivity contribution in [3.63, 3.8) is 0 Å². The summed E-state index contributed by atoms with van der Waals surface area (Å²) in [7, 11) is 0. The van der Waals surface area contributed by atoms with Crippen molar-refractivity contribution >= 4 is 43.5 Å². The molecule has 8 rings (SSSR count). The maximum atomic E-state index is 5.25. The lowest BCUT2D eigenvalue weighted by Crippen LogP contribution is -1.99. The first-order valence-electron chi connectivity index (χ1n) is 13.2. The Morgan fingerprint density at radius 1 is 0.550 bits per heavy atom. The van der Waals surface area contributed by atoms with Gasteiger partial charge in [0.2, 0.25) is 0 Å². The van der Waals surface area contributed by atoms with E-state index in [4.69, 9.17) is 15.0 Å². The normalized spacial score (nSPS) is 11.5. The van der Waals surface area contributed by atoms with Gasteiger partial charge in [-0.05, 0) is 36.4 Å². The minimum absolute atomic E-state index is 0.699. The topological polar surface area (TPSA) is 43.6 Å². The Morgan fingerprint density at radius 2 is 1.25 bits per heavy atom. The van der Waals surface area contributed by atoms with Crippen molar-refractivity contribution in [3.05, 3.63) is 133 Å². The number of hydrogen-bond acceptors (Lipinski definition) is 4. The summed E-state index contributed by atoms with van der Waals surface area (Å²) in [5.74, 6) is 0.699. The molecular formula is C35H22N4S. The van der Waals surface area contributed by atoms with Gasteiger partial charge < -0.3 is 4.57 Å². The molecule has 3 aromatic heterocycles. The van der Waals surface area contributed by atoms with Gasteiger partial charge in [-0.25, -0.2) is 15.0 Å². The number of rotatable bonds is 4. The van der Waals surface area contributed by atoms with Crippen molar-refractivity contribution in [1.82, 2.24) is 19.5 Å².